The molecule has 1 heterocycles. The van der Waals surface area contributed by atoms with Crippen molar-refractivity contribution in [1.82, 2.24) is 4.90 Å². The van der Waals surface area contributed by atoms with Gasteiger partial charge in [0.2, 0.25) is 11.8 Å². The van der Waals surface area contributed by atoms with Crippen molar-refractivity contribution in [3.63, 3.8) is 0 Å². The maximum absolute atomic E-state index is 12.2. The fourth-order valence-electron chi connectivity index (χ4n) is 2.63. The molecule has 0 spiro atoms. The summed E-state index contributed by atoms with van der Waals surface area (Å²) in [5.74, 6) is 1.85. The summed E-state index contributed by atoms with van der Waals surface area (Å²) in [7, 11) is 0. The summed E-state index contributed by atoms with van der Waals surface area (Å²) < 4.78 is 11.0. The number of anilines is 1. The van der Waals surface area contributed by atoms with Gasteiger partial charge in [-0.1, -0.05) is 18.2 Å². The van der Waals surface area contributed by atoms with E-state index in [9.17, 15) is 9.59 Å². The van der Waals surface area contributed by atoms with E-state index in [1.165, 1.54) is 6.92 Å². The van der Waals surface area contributed by atoms with Crippen molar-refractivity contribution in [3.05, 3.63) is 78.8 Å². The molecule has 0 aliphatic heterocycles. The second-order valence-electron chi connectivity index (χ2n) is 6.26. The van der Waals surface area contributed by atoms with Crippen molar-refractivity contribution in [3.8, 4) is 11.5 Å². The summed E-state index contributed by atoms with van der Waals surface area (Å²) in [5, 5.41) is 2.83. The Morgan fingerprint density at radius 1 is 0.964 bits per heavy atom. The first kappa shape index (κ1) is 19.2. The smallest absolute Gasteiger partial charge is 0.226 e. The van der Waals surface area contributed by atoms with E-state index in [4.69, 9.17) is 9.15 Å². The molecule has 28 heavy (non-hydrogen) atoms. The maximum atomic E-state index is 12.2. The van der Waals surface area contributed by atoms with Gasteiger partial charge in [-0.25, -0.2) is 0 Å². The number of amides is 2. The number of ether oxygens (including phenoxy) is 1. The summed E-state index contributed by atoms with van der Waals surface area (Å²) in [5.41, 5.74) is 0.672. The average molecular weight is 378 g/mol. The molecule has 0 bridgehead atoms. The molecule has 0 aliphatic carbocycles. The Bertz CT molecular complexity index is 890. The van der Waals surface area contributed by atoms with Crippen molar-refractivity contribution in [1.29, 1.82) is 0 Å². The van der Waals surface area contributed by atoms with Gasteiger partial charge in [-0.05, 0) is 48.5 Å². The van der Waals surface area contributed by atoms with Crippen molar-refractivity contribution in [2.45, 2.75) is 19.9 Å². The Morgan fingerprint density at radius 3 is 2.32 bits per heavy atom. The van der Waals surface area contributed by atoms with Crippen LogP contribution < -0.4 is 10.1 Å². The lowest BCUT2D eigenvalue weighted by molar-refractivity contribution is -0.130. The van der Waals surface area contributed by atoms with Crippen LogP contribution in [0.4, 0.5) is 5.69 Å². The first-order valence-corrected chi connectivity index (χ1v) is 9.01. The lowest BCUT2D eigenvalue weighted by atomic mass is 10.2. The molecule has 1 N–H and O–H groups in total. The molecule has 0 saturated heterocycles. The third-order valence-corrected chi connectivity index (χ3v) is 4.10. The normalized spacial score (nSPS) is 10.3. The van der Waals surface area contributed by atoms with Gasteiger partial charge in [0, 0.05) is 25.6 Å². The summed E-state index contributed by atoms with van der Waals surface area (Å²) >= 11 is 0. The first-order valence-electron chi connectivity index (χ1n) is 9.01. The van der Waals surface area contributed by atoms with Gasteiger partial charge >= 0.3 is 0 Å². The predicted octanol–water partition coefficient (Wildman–Crippen LogP) is 4.45. The molecule has 0 saturated carbocycles. The van der Waals surface area contributed by atoms with Crippen LogP contribution in [0.2, 0.25) is 0 Å². The Labute approximate surface area is 163 Å². The highest BCUT2D eigenvalue weighted by atomic mass is 16.5. The Balaban J connectivity index is 1.49. The molecule has 0 fully saturated rings. The van der Waals surface area contributed by atoms with Crippen molar-refractivity contribution < 1.29 is 18.7 Å². The van der Waals surface area contributed by atoms with Gasteiger partial charge < -0.3 is 19.4 Å². The lowest BCUT2D eigenvalue weighted by Gasteiger charge is -2.19. The number of para-hydroxylation sites is 1. The fourth-order valence-corrected chi connectivity index (χ4v) is 2.63. The van der Waals surface area contributed by atoms with Gasteiger partial charge in [0.15, 0.2) is 0 Å². The van der Waals surface area contributed by atoms with Crippen LogP contribution in [-0.4, -0.2) is 23.3 Å². The molecule has 0 unspecified atom stereocenters. The van der Waals surface area contributed by atoms with E-state index in [2.05, 4.69) is 5.32 Å². The molecular weight excluding hydrogens is 356 g/mol. The van der Waals surface area contributed by atoms with E-state index in [-0.39, 0.29) is 18.2 Å². The van der Waals surface area contributed by atoms with Crippen molar-refractivity contribution in [2.24, 2.45) is 0 Å². The molecule has 0 aliphatic rings. The highest BCUT2D eigenvalue weighted by molar-refractivity contribution is 5.91. The number of furan rings is 1. The number of rotatable bonds is 8. The Kier molecular flexibility index (Phi) is 6.46. The van der Waals surface area contributed by atoms with Crippen LogP contribution >= 0.6 is 0 Å². The summed E-state index contributed by atoms with van der Waals surface area (Å²) in [6.45, 7) is 2.14. The lowest BCUT2D eigenvalue weighted by Crippen LogP contribution is -2.31. The second-order valence-corrected chi connectivity index (χ2v) is 6.26. The molecule has 3 rings (SSSR count). The largest absolute Gasteiger partial charge is 0.467 e. The highest BCUT2D eigenvalue weighted by Crippen LogP contribution is 2.22. The zero-order chi connectivity index (χ0) is 19.8. The van der Waals surface area contributed by atoms with Gasteiger partial charge in [0.25, 0.3) is 0 Å². The monoisotopic (exact) mass is 378 g/mol. The molecule has 1 aromatic heterocycles. The minimum absolute atomic E-state index is 0.105. The molecule has 0 radical (unpaired) electrons. The number of nitrogens with one attached hydrogen (secondary N) is 1. The minimum Gasteiger partial charge on any atom is -0.467 e. The van der Waals surface area contributed by atoms with E-state index >= 15 is 0 Å². The third kappa shape index (κ3) is 5.74. The van der Waals surface area contributed by atoms with Gasteiger partial charge in [0.05, 0.1) is 12.8 Å². The van der Waals surface area contributed by atoms with E-state index in [1.54, 1.807) is 47.6 Å². The van der Waals surface area contributed by atoms with Crippen LogP contribution in [-0.2, 0) is 16.1 Å². The number of carbonyl (C=O) groups excluding carboxylic acids is 2. The van der Waals surface area contributed by atoms with Crippen LogP contribution in [0.15, 0.2) is 77.4 Å². The van der Waals surface area contributed by atoms with Gasteiger partial charge in [0.1, 0.15) is 17.3 Å². The SMILES string of the molecule is CC(=O)N(CCC(=O)Nc1ccc(Oc2ccccc2)cc1)Cc1ccco1. The number of benzene rings is 2. The zero-order valence-electron chi connectivity index (χ0n) is 15.6. The van der Waals surface area contributed by atoms with Gasteiger partial charge in [-0.2, -0.15) is 0 Å². The molecule has 6 nitrogen and oxygen atoms in total. The van der Waals surface area contributed by atoms with Crippen LogP contribution in [0.3, 0.4) is 0 Å². The standard InChI is InChI=1S/C22H22N2O4/c1-17(25)24(16-21-8-5-15-27-21)14-13-22(26)23-18-9-11-20(12-10-18)28-19-6-3-2-4-7-19/h2-12,15H,13-14,16H2,1H3,(H,23,26). The van der Waals surface area contributed by atoms with E-state index < -0.39 is 0 Å². The van der Waals surface area contributed by atoms with Gasteiger partial charge in [-0.3, -0.25) is 9.59 Å². The van der Waals surface area contributed by atoms with Crippen LogP contribution in [0.1, 0.15) is 19.1 Å². The molecular formula is C22H22N2O4. The van der Waals surface area contributed by atoms with E-state index in [0.717, 1.165) is 5.75 Å². The Morgan fingerprint density at radius 2 is 1.68 bits per heavy atom. The third-order valence-electron chi connectivity index (χ3n) is 4.10. The number of hydrogen-bond donors (Lipinski definition) is 1. The zero-order valence-corrected chi connectivity index (χ0v) is 15.6. The van der Waals surface area contributed by atoms with E-state index in [1.807, 2.05) is 30.3 Å². The van der Waals surface area contributed by atoms with Crippen LogP contribution in [0.5, 0.6) is 11.5 Å². The van der Waals surface area contributed by atoms with Crippen molar-refractivity contribution >= 4 is 17.5 Å². The number of nitrogens with zero attached hydrogens (tertiary/aromatic N) is 1. The van der Waals surface area contributed by atoms with E-state index in [0.29, 0.717) is 30.3 Å². The number of carbonyl (C=O) groups is 2. The van der Waals surface area contributed by atoms with Crippen LogP contribution in [0.25, 0.3) is 0 Å². The van der Waals surface area contributed by atoms with Crippen LogP contribution in [0, 0.1) is 0 Å². The summed E-state index contributed by atoms with van der Waals surface area (Å²) in [6.07, 6.45) is 1.76. The molecule has 2 amide bonds. The molecule has 144 valence electrons. The molecule has 6 heteroatoms. The first-order chi connectivity index (χ1) is 13.6. The number of hydrogen-bond acceptors (Lipinski definition) is 4. The molecule has 0 atom stereocenters. The highest BCUT2D eigenvalue weighted by Gasteiger charge is 2.13. The maximum Gasteiger partial charge on any atom is 0.226 e. The van der Waals surface area contributed by atoms with Gasteiger partial charge in [-0.15, -0.1) is 0 Å². The quantitative estimate of drug-likeness (QED) is 0.629. The second kappa shape index (κ2) is 9.41. The predicted molar refractivity (Wildman–Crippen MR) is 106 cm³/mol. The molecule has 2 aromatic carbocycles. The average Bonchev–Trinajstić information content (AvgIpc) is 3.20. The minimum atomic E-state index is -0.164. The fraction of sp³-hybridized carbons (Fsp3) is 0.182. The topological polar surface area (TPSA) is 71.8 Å². The Hall–Kier alpha value is -3.54. The summed E-state index contributed by atoms with van der Waals surface area (Å²) in [4.78, 5) is 25.6. The summed E-state index contributed by atoms with van der Waals surface area (Å²) in [6, 6.07) is 20.2. The van der Waals surface area contributed by atoms with Crippen molar-refractivity contribution in [2.75, 3.05) is 11.9 Å². The molecule has 3 aromatic rings.